The van der Waals surface area contributed by atoms with Crippen LogP contribution in [0.2, 0.25) is 0 Å². The first-order valence-electron chi connectivity index (χ1n) is 8.40. The third-order valence-corrected chi connectivity index (χ3v) is 5.97. The smallest absolute Gasteiger partial charge is 0.211 e. The van der Waals surface area contributed by atoms with Crippen LogP contribution in [-0.2, 0) is 10.0 Å². The van der Waals surface area contributed by atoms with E-state index in [4.69, 9.17) is 0 Å². The van der Waals surface area contributed by atoms with Crippen molar-refractivity contribution < 1.29 is 8.42 Å². The zero-order valence-electron chi connectivity index (χ0n) is 14.4. The number of aliphatic imine (C=N–C) groups is 1. The highest BCUT2D eigenvalue weighted by Gasteiger charge is 2.29. The van der Waals surface area contributed by atoms with Crippen LogP contribution in [0.15, 0.2) is 4.99 Å². The summed E-state index contributed by atoms with van der Waals surface area (Å²) in [5.41, 5.74) is 0. The minimum atomic E-state index is -3.11. The third kappa shape index (κ3) is 5.76. The van der Waals surface area contributed by atoms with E-state index in [1.54, 1.807) is 14.0 Å². The van der Waals surface area contributed by atoms with Gasteiger partial charge in [-0.1, -0.05) is 26.7 Å². The van der Waals surface area contributed by atoms with Gasteiger partial charge in [0.25, 0.3) is 0 Å². The summed E-state index contributed by atoms with van der Waals surface area (Å²) in [5, 5.41) is 3.25. The molecule has 1 heterocycles. The zero-order valence-corrected chi connectivity index (χ0v) is 15.2. The van der Waals surface area contributed by atoms with Gasteiger partial charge in [0.15, 0.2) is 5.96 Å². The van der Waals surface area contributed by atoms with Crippen molar-refractivity contribution in [3.8, 4) is 0 Å². The number of sulfonamides is 1. The van der Waals surface area contributed by atoms with Gasteiger partial charge in [0.1, 0.15) is 0 Å². The summed E-state index contributed by atoms with van der Waals surface area (Å²) in [7, 11) is -1.33. The van der Waals surface area contributed by atoms with E-state index in [2.05, 4.69) is 33.8 Å². The summed E-state index contributed by atoms with van der Waals surface area (Å²) >= 11 is 0. The summed E-state index contributed by atoms with van der Waals surface area (Å²) in [6, 6.07) is 0. The predicted octanol–water partition coefficient (Wildman–Crippen LogP) is 1.26. The van der Waals surface area contributed by atoms with E-state index < -0.39 is 10.0 Å². The maximum absolute atomic E-state index is 11.4. The lowest BCUT2D eigenvalue weighted by molar-refractivity contribution is 0.319. The highest BCUT2D eigenvalue weighted by atomic mass is 32.2. The second-order valence-corrected chi connectivity index (χ2v) is 7.94. The number of likely N-dealkylation sites (tertiary alicyclic amines) is 1. The van der Waals surface area contributed by atoms with E-state index in [9.17, 15) is 8.42 Å². The Bertz CT molecular complexity index is 446. The van der Waals surface area contributed by atoms with Gasteiger partial charge in [-0.2, -0.15) is 0 Å². The SMILES string of the molecule is CCC(CC)C1CCN(C(=NC)NCCNS(=O)(=O)CC)C1. The molecule has 1 saturated heterocycles. The first-order chi connectivity index (χ1) is 10.5. The maximum Gasteiger partial charge on any atom is 0.211 e. The normalized spacial score (nSPS) is 20.0. The third-order valence-electron chi connectivity index (χ3n) is 4.56. The molecule has 0 spiro atoms. The number of hydrogen-bond donors (Lipinski definition) is 2. The quantitative estimate of drug-likeness (QED) is 0.399. The van der Waals surface area contributed by atoms with Crippen LogP contribution in [0, 0.1) is 11.8 Å². The van der Waals surface area contributed by atoms with Gasteiger partial charge in [0, 0.05) is 33.2 Å². The van der Waals surface area contributed by atoms with Gasteiger partial charge in [-0.3, -0.25) is 4.99 Å². The van der Waals surface area contributed by atoms with Gasteiger partial charge in [0.05, 0.1) is 5.75 Å². The lowest BCUT2D eigenvalue weighted by atomic mass is 9.87. The van der Waals surface area contributed by atoms with Crippen molar-refractivity contribution in [2.45, 2.75) is 40.0 Å². The first kappa shape index (κ1) is 19.2. The molecule has 2 N–H and O–H groups in total. The van der Waals surface area contributed by atoms with Crippen molar-refractivity contribution in [1.29, 1.82) is 0 Å². The Hall–Kier alpha value is -0.820. The van der Waals surface area contributed by atoms with Crippen molar-refractivity contribution in [1.82, 2.24) is 14.9 Å². The molecule has 1 aliphatic heterocycles. The summed E-state index contributed by atoms with van der Waals surface area (Å²) < 4.78 is 25.3. The Morgan fingerprint density at radius 2 is 1.95 bits per heavy atom. The van der Waals surface area contributed by atoms with Crippen molar-refractivity contribution in [3.05, 3.63) is 0 Å². The highest BCUT2D eigenvalue weighted by Crippen LogP contribution is 2.28. The predicted molar refractivity (Wildman–Crippen MR) is 92.6 cm³/mol. The van der Waals surface area contributed by atoms with Gasteiger partial charge in [-0.05, 0) is 25.2 Å². The highest BCUT2D eigenvalue weighted by molar-refractivity contribution is 7.89. The molecule has 7 heteroatoms. The van der Waals surface area contributed by atoms with Crippen LogP contribution in [-0.4, -0.2) is 58.3 Å². The Morgan fingerprint density at radius 1 is 1.27 bits per heavy atom. The standard InChI is InChI=1S/C15H32N4O2S/c1-5-13(6-2)14-8-11-19(12-14)15(16-4)17-9-10-18-22(20,21)7-3/h13-14,18H,5-12H2,1-4H3,(H,16,17). The largest absolute Gasteiger partial charge is 0.355 e. The van der Waals surface area contributed by atoms with E-state index in [0.717, 1.165) is 30.9 Å². The van der Waals surface area contributed by atoms with Gasteiger partial charge >= 0.3 is 0 Å². The molecular weight excluding hydrogens is 300 g/mol. The van der Waals surface area contributed by atoms with E-state index in [0.29, 0.717) is 13.1 Å². The minimum Gasteiger partial charge on any atom is -0.355 e. The Balaban J connectivity index is 2.40. The summed E-state index contributed by atoms with van der Waals surface area (Å²) in [5.74, 6) is 2.53. The lowest BCUT2D eigenvalue weighted by Gasteiger charge is -2.24. The molecule has 22 heavy (non-hydrogen) atoms. The molecule has 1 atom stereocenters. The van der Waals surface area contributed by atoms with E-state index in [1.807, 2.05) is 0 Å². The molecule has 6 nitrogen and oxygen atoms in total. The summed E-state index contributed by atoms with van der Waals surface area (Å²) in [6.45, 7) is 9.19. The second kappa shape index (κ2) is 9.35. The lowest BCUT2D eigenvalue weighted by Crippen LogP contribution is -2.43. The van der Waals surface area contributed by atoms with Crippen LogP contribution >= 0.6 is 0 Å². The monoisotopic (exact) mass is 332 g/mol. The van der Waals surface area contributed by atoms with Gasteiger partial charge in [0.2, 0.25) is 10.0 Å². The van der Waals surface area contributed by atoms with Crippen molar-refractivity contribution in [2.24, 2.45) is 16.8 Å². The molecule has 1 unspecified atom stereocenters. The number of hydrogen-bond acceptors (Lipinski definition) is 3. The van der Waals surface area contributed by atoms with Crippen LogP contribution < -0.4 is 10.0 Å². The van der Waals surface area contributed by atoms with Crippen LogP contribution in [0.3, 0.4) is 0 Å². The summed E-state index contributed by atoms with van der Waals surface area (Å²) in [4.78, 5) is 6.61. The molecule has 1 fully saturated rings. The fraction of sp³-hybridized carbons (Fsp3) is 0.933. The molecule has 130 valence electrons. The molecule has 1 aliphatic rings. The van der Waals surface area contributed by atoms with Crippen molar-refractivity contribution in [3.63, 3.8) is 0 Å². The Labute approximate surface area is 135 Å². The fourth-order valence-electron chi connectivity index (χ4n) is 3.13. The van der Waals surface area contributed by atoms with E-state index in [-0.39, 0.29) is 5.75 Å². The van der Waals surface area contributed by atoms with Gasteiger partial charge in [-0.15, -0.1) is 0 Å². The molecule has 0 aliphatic carbocycles. The fourth-order valence-corrected chi connectivity index (χ4v) is 3.75. The Morgan fingerprint density at radius 3 is 2.50 bits per heavy atom. The van der Waals surface area contributed by atoms with Gasteiger partial charge in [-0.25, -0.2) is 13.1 Å². The first-order valence-corrected chi connectivity index (χ1v) is 10.1. The van der Waals surface area contributed by atoms with Crippen molar-refractivity contribution in [2.75, 3.05) is 39.0 Å². The number of rotatable bonds is 8. The minimum absolute atomic E-state index is 0.116. The van der Waals surface area contributed by atoms with Crippen molar-refractivity contribution >= 4 is 16.0 Å². The average Bonchev–Trinajstić information content (AvgIpc) is 2.98. The van der Waals surface area contributed by atoms with E-state index in [1.165, 1.54) is 19.3 Å². The van der Waals surface area contributed by atoms with Gasteiger partial charge < -0.3 is 10.2 Å². The van der Waals surface area contributed by atoms with Crippen LogP contribution in [0.5, 0.6) is 0 Å². The summed E-state index contributed by atoms with van der Waals surface area (Å²) in [6.07, 6.45) is 3.69. The molecular formula is C15H32N4O2S. The molecule has 0 aromatic carbocycles. The maximum atomic E-state index is 11.4. The molecule has 0 aromatic heterocycles. The zero-order chi connectivity index (χ0) is 16.6. The number of nitrogens with zero attached hydrogens (tertiary/aromatic N) is 2. The Kier molecular flexibility index (Phi) is 8.17. The number of guanidine groups is 1. The second-order valence-electron chi connectivity index (χ2n) is 5.84. The molecule has 0 bridgehead atoms. The molecule has 0 amide bonds. The topological polar surface area (TPSA) is 73.8 Å². The van der Waals surface area contributed by atoms with Crippen LogP contribution in [0.1, 0.15) is 40.0 Å². The number of nitrogens with one attached hydrogen (secondary N) is 2. The average molecular weight is 333 g/mol. The molecule has 0 radical (unpaired) electrons. The molecule has 0 aromatic rings. The van der Waals surface area contributed by atoms with Crippen LogP contribution in [0.4, 0.5) is 0 Å². The van der Waals surface area contributed by atoms with Crippen LogP contribution in [0.25, 0.3) is 0 Å². The molecule has 1 rings (SSSR count). The van der Waals surface area contributed by atoms with E-state index >= 15 is 0 Å². The molecule has 0 saturated carbocycles.